The first-order valence-corrected chi connectivity index (χ1v) is 6.26. The van der Waals surface area contributed by atoms with Gasteiger partial charge in [0.2, 0.25) is 0 Å². The zero-order chi connectivity index (χ0) is 12.4. The number of rotatable bonds is 4. The Morgan fingerprint density at radius 1 is 1.35 bits per heavy atom. The standard InChI is InChI=1S/C14H21N3/c1-10(2)8-13-12-5-4-11(6-7-15)9-14(12)17(3)16-13/h4-5,9-10H,6-8,15H2,1-3H3. The van der Waals surface area contributed by atoms with Gasteiger partial charge in [0, 0.05) is 12.4 Å². The van der Waals surface area contributed by atoms with Crippen LogP contribution in [0.25, 0.3) is 10.9 Å². The van der Waals surface area contributed by atoms with Gasteiger partial charge in [-0.15, -0.1) is 0 Å². The van der Waals surface area contributed by atoms with Crippen molar-refractivity contribution in [3.05, 3.63) is 29.5 Å². The highest BCUT2D eigenvalue weighted by Crippen LogP contribution is 2.21. The summed E-state index contributed by atoms with van der Waals surface area (Å²) in [6, 6.07) is 6.56. The van der Waals surface area contributed by atoms with Gasteiger partial charge in [0.25, 0.3) is 0 Å². The van der Waals surface area contributed by atoms with Crippen molar-refractivity contribution in [3.8, 4) is 0 Å². The van der Waals surface area contributed by atoms with Crippen molar-refractivity contribution >= 4 is 10.9 Å². The number of fused-ring (bicyclic) bond motifs is 1. The van der Waals surface area contributed by atoms with Gasteiger partial charge in [-0.3, -0.25) is 4.68 Å². The van der Waals surface area contributed by atoms with Crippen LogP contribution in [0.5, 0.6) is 0 Å². The van der Waals surface area contributed by atoms with Crippen LogP contribution in [0.4, 0.5) is 0 Å². The zero-order valence-corrected chi connectivity index (χ0v) is 10.9. The van der Waals surface area contributed by atoms with E-state index in [9.17, 15) is 0 Å². The lowest BCUT2D eigenvalue weighted by atomic mass is 10.0. The summed E-state index contributed by atoms with van der Waals surface area (Å²) < 4.78 is 1.98. The van der Waals surface area contributed by atoms with E-state index in [-0.39, 0.29) is 0 Å². The van der Waals surface area contributed by atoms with Crippen LogP contribution < -0.4 is 5.73 Å². The third kappa shape index (κ3) is 2.50. The fourth-order valence-electron chi connectivity index (χ4n) is 2.24. The quantitative estimate of drug-likeness (QED) is 0.877. The molecule has 0 atom stereocenters. The van der Waals surface area contributed by atoms with Crippen LogP contribution in [0.1, 0.15) is 25.1 Å². The lowest BCUT2D eigenvalue weighted by Crippen LogP contribution is -2.02. The molecule has 0 amide bonds. The third-order valence-electron chi connectivity index (χ3n) is 3.03. The van der Waals surface area contributed by atoms with Crippen LogP contribution >= 0.6 is 0 Å². The molecule has 17 heavy (non-hydrogen) atoms. The fraction of sp³-hybridized carbons (Fsp3) is 0.500. The zero-order valence-electron chi connectivity index (χ0n) is 10.9. The average molecular weight is 231 g/mol. The number of aryl methyl sites for hydroxylation is 1. The minimum atomic E-state index is 0.636. The predicted octanol–water partition coefficient (Wildman–Crippen LogP) is 2.27. The molecule has 1 aromatic heterocycles. The highest BCUT2D eigenvalue weighted by molar-refractivity contribution is 5.82. The van der Waals surface area contributed by atoms with Crippen LogP contribution in [-0.4, -0.2) is 16.3 Å². The van der Waals surface area contributed by atoms with E-state index in [0.29, 0.717) is 12.5 Å². The molecule has 0 aliphatic heterocycles. The van der Waals surface area contributed by atoms with E-state index in [0.717, 1.165) is 12.8 Å². The second kappa shape index (κ2) is 4.88. The molecule has 0 unspecified atom stereocenters. The minimum absolute atomic E-state index is 0.636. The van der Waals surface area contributed by atoms with E-state index in [4.69, 9.17) is 5.73 Å². The topological polar surface area (TPSA) is 43.8 Å². The van der Waals surface area contributed by atoms with Crippen molar-refractivity contribution in [1.29, 1.82) is 0 Å². The Hall–Kier alpha value is -1.35. The van der Waals surface area contributed by atoms with Crippen LogP contribution in [0.3, 0.4) is 0 Å². The highest BCUT2D eigenvalue weighted by atomic mass is 15.3. The monoisotopic (exact) mass is 231 g/mol. The number of hydrogen-bond acceptors (Lipinski definition) is 2. The summed E-state index contributed by atoms with van der Waals surface area (Å²) in [5.74, 6) is 0.636. The summed E-state index contributed by atoms with van der Waals surface area (Å²) >= 11 is 0. The van der Waals surface area contributed by atoms with E-state index in [2.05, 4.69) is 37.1 Å². The molecule has 2 rings (SSSR count). The Labute approximate surface area is 103 Å². The molecule has 1 heterocycles. The van der Waals surface area contributed by atoms with Crippen molar-refractivity contribution in [2.24, 2.45) is 18.7 Å². The van der Waals surface area contributed by atoms with Crippen molar-refractivity contribution in [1.82, 2.24) is 9.78 Å². The molecule has 0 bridgehead atoms. The molecule has 0 fully saturated rings. The lowest BCUT2D eigenvalue weighted by molar-refractivity contribution is 0.624. The Kier molecular flexibility index (Phi) is 3.48. The van der Waals surface area contributed by atoms with Crippen LogP contribution in [0.2, 0.25) is 0 Å². The van der Waals surface area contributed by atoms with Gasteiger partial charge in [0.1, 0.15) is 0 Å². The normalized spacial score (nSPS) is 11.6. The average Bonchev–Trinajstić information content (AvgIpc) is 2.55. The van der Waals surface area contributed by atoms with Gasteiger partial charge in [0.05, 0.1) is 11.2 Å². The molecule has 3 heteroatoms. The Morgan fingerprint density at radius 3 is 2.76 bits per heavy atom. The molecular weight excluding hydrogens is 210 g/mol. The number of nitrogens with two attached hydrogens (primary N) is 1. The molecule has 2 aromatic rings. The maximum absolute atomic E-state index is 5.59. The molecule has 0 aliphatic carbocycles. The summed E-state index contributed by atoms with van der Waals surface area (Å²) in [4.78, 5) is 0. The number of aromatic nitrogens is 2. The summed E-state index contributed by atoms with van der Waals surface area (Å²) in [6.07, 6.45) is 1.97. The van der Waals surface area contributed by atoms with Crippen LogP contribution in [-0.2, 0) is 19.9 Å². The van der Waals surface area contributed by atoms with Crippen LogP contribution in [0.15, 0.2) is 18.2 Å². The molecule has 0 aliphatic rings. The molecule has 0 radical (unpaired) electrons. The highest BCUT2D eigenvalue weighted by Gasteiger charge is 2.10. The molecule has 2 N–H and O–H groups in total. The summed E-state index contributed by atoms with van der Waals surface area (Å²) in [7, 11) is 2.01. The SMILES string of the molecule is CC(C)Cc1nn(C)c2cc(CCN)ccc12. The van der Waals surface area contributed by atoms with Gasteiger partial charge >= 0.3 is 0 Å². The van der Waals surface area contributed by atoms with E-state index < -0.39 is 0 Å². The number of hydrogen-bond donors (Lipinski definition) is 1. The smallest absolute Gasteiger partial charge is 0.0705 e. The Balaban J connectivity index is 2.45. The molecular formula is C14H21N3. The molecule has 3 nitrogen and oxygen atoms in total. The molecule has 0 spiro atoms. The summed E-state index contributed by atoms with van der Waals surface area (Å²) in [6.45, 7) is 5.15. The molecule has 92 valence electrons. The van der Waals surface area contributed by atoms with Gasteiger partial charge in [0.15, 0.2) is 0 Å². The lowest BCUT2D eigenvalue weighted by Gasteiger charge is -2.02. The van der Waals surface area contributed by atoms with Crippen LogP contribution in [0, 0.1) is 5.92 Å². The number of nitrogens with zero attached hydrogens (tertiary/aromatic N) is 2. The second-order valence-electron chi connectivity index (χ2n) is 5.06. The van der Waals surface area contributed by atoms with Crippen molar-refractivity contribution in [2.75, 3.05) is 6.54 Å². The fourth-order valence-corrected chi connectivity index (χ4v) is 2.24. The van der Waals surface area contributed by atoms with Crippen molar-refractivity contribution in [2.45, 2.75) is 26.7 Å². The first-order valence-electron chi connectivity index (χ1n) is 6.26. The van der Waals surface area contributed by atoms with Gasteiger partial charge in [-0.05, 0) is 36.9 Å². The third-order valence-corrected chi connectivity index (χ3v) is 3.03. The van der Waals surface area contributed by atoms with Gasteiger partial charge in [-0.1, -0.05) is 26.0 Å². The van der Waals surface area contributed by atoms with E-state index in [1.54, 1.807) is 0 Å². The Bertz CT molecular complexity index is 511. The van der Waals surface area contributed by atoms with E-state index in [1.807, 2.05) is 11.7 Å². The first kappa shape index (κ1) is 12.1. The molecule has 1 aromatic carbocycles. The molecule has 0 saturated carbocycles. The van der Waals surface area contributed by atoms with Crippen molar-refractivity contribution < 1.29 is 0 Å². The predicted molar refractivity (Wildman–Crippen MR) is 72.0 cm³/mol. The largest absolute Gasteiger partial charge is 0.330 e. The van der Waals surface area contributed by atoms with Gasteiger partial charge in [-0.25, -0.2) is 0 Å². The van der Waals surface area contributed by atoms with E-state index in [1.165, 1.54) is 22.2 Å². The second-order valence-corrected chi connectivity index (χ2v) is 5.06. The first-order chi connectivity index (χ1) is 8.11. The Morgan fingerprint density at radius 2 is 2.12 bits per heavy atom. The van der Waals surface area contributed by atoms with Gasteiger partial charge in [-0.2, -0.15) is 5.10 Å². The van der Waals surface area contributed by atoms with Crippen molar-refractivity contribution in [3.63, 3.8) is 0 Å². The molecule has 0 saturated heterocycles. The maximum atomic E-state index is 5.59. The van der Waals surface area contributed by atoms with Gasteiger partial charge < -0.3 is 5.73 Å². The summed E-state index contributed by atoms with van der Waals surface area (Å²) in [5, 5.41) is 5.90. The summed E-state index contributed by atoms with van der Waals surface area (Å²) in [5.41, 5.74) is 9.30. The number of benzene rings is 1. The maximum Gasteiger partial charge on any atom is 0.0705 e. The minimum Gasteiger partial charge on any atom is -0.330 e. The van der Waals surface area contributed by atoms with E-state index >= 15 is 0 Å².